The van der Waals surface area contributed by atoms with Crippen LogP contribution in [0.5, 0.6) is 0 Å². The van der Waals surface area contributed by atoms with Crippen LogP contribution in [0, 0.1) is 0 Å². The van der Waals surface area contributed by atoms with Crippen LogP contribution in [0.4, 0.5) is 0 Å². The summed E-state index contributed by atoms with van der Waals surface area (Å²) < 4.78 is 18.2. The number of thiazole rings is 2. The van der Waals surface area contributed by atoms with Crippen molar-refractivity contribution in [3.05, 3.63) is 117 Å². The zero-order chi connectivity index (χ0) is 92.1. The van der Waals surface area contributed by atoms with Crippen LogP contribution < -0.4 is 0 Å². The summed E-state index contributed by atoms with van der Waals surface area (Å²) in [6.45, 7) is 105. The smallest absolute Gasteiger partial charge is 0.199 e. The van der Waals surface area contributed by atoms with Gasteiger partial charge in [-0.05, 0) is 64.6 Å². The Morgan fingerprint density at radius 2 is 0.591 bits per heavy atom. The second kappa shape index (κ2) is 87.3. The lowest BCUT2D eigenvalue weighted by Crippen LogP contribution is -1.95. The maximum absolute atomic E-state index is 5.71. The largest absolute Gasteiger partial charge is 0.440 e. The van der Waals surface area contributed by atoms with Crippen LogP contribution in [0.25, 0.3) is 54.1 Å². The molecule has 0 aliphatic heterocycles. The van der Waals surface area contributed by atoms with Gasteiger partial charge in [0.05, 0.1) is 27.1 Å². The van der Waals surface area contributed by atoms with Crippen molar-refractivity contribution in [1.82, 2.24) is 49.8 Å². The average Bonchev–Trinajstić information content (AvgIpc) is 1.72. The maximum atomic E-state index is 5.71. The SMILES string of the molecule is CC.CC.CC.CC.CC.CC(C)c1cc2oc(C(C)C)nc2cn1.CC(C)c1ccc2nc(C(C)C)oc2c1.CC(C)c1cnc2nc(C(C)C)oc2c1.CC(C)c1cnc2nc(C(C)C)sc2c1.CC(C)c1ncc2nc(C(C)C)sc2n1.CCC.CCC.CCC.CCC.CCC.CCC.CCC.CCC.CCC.CCC. The van der Waals surface area contributed by atoms with E-state index in [0.29, 0.717) is 64.8 Å². The Hall–Kier alpha value is -6.06. The van der Waals surface area contributed by atoms with Crippen molar-refractivity contribution < 1.29 is 13.3 Å². The summed E-state index contributed by atoms with van der Waals surface area (Å²) in [4.78, 5) is 45.1. The number of rotatable bonds is 10. The summed E-state index contributed by atoms with van der Waals surface area (Å²) >= 11 is 3.44. The third kappa shape index (κ3) is 62.8. The van der Waals surface area contributed by atoms with Gasteiger partial charge < -0.3 is 13.3 Å². The number of nitrogens with zero attached hydrogens (tertiary/aromatic N) is 10. The summed E-state index contributed by atoms with van der Waals surface area (Å²) in [6.07, 6.45) is 19.9. The van der Waals surface area contributed by atoms with Gasteiger partial charge in [-0.1, -0.05) is 428 Å². The van der Waals surface area contributed by atoms with Crippen molar-refractivity contribution in [1.29, 1.82) is 0 Å². The molecule has 0 aliphatic rings. The average molecular weight is 1640 g/mol. The lowest BCUT2D eigenvalue weighted by atomic mass is 10.0. The first-order valence-electron chi connectivity index (χ1n) is 45.9. The first kappa shape index (κ1) is 130. The number of aromatic nitrogens is 10. The van der Waals surface area contributed by atoms with E-state index in [0.717, 1.165) is 78.0 Å². The highest BCUT2D eigenvalue weighted by Crippen LogP contribution is 2.31. The van der Waals surface area contributed by atoms with Crippen molar-refractivity contribution in [2.45, 2.75) is 470 Å². The van der Waals surface area contributed by atoms with Gasteiger partial charge in [-0.2, -0.15) is 4.98 Å². The van der Waals surface area contributed by atoms with E-state index in [1.807, 2.05) is 106 Å². The Morgan fingerprint density at radius 1 is 0.261 bits per heavy atom. The van der Waals surface area contributed by atoms with Gasteiger partial charge in [0.2, 0.25) is 0 Å². The molecule has 9 aromatic heterocycles. The molecule has 0 aliphatic carbocycles. The van der Waals surface area contributed by atoms with Crippen LogP contribution in [-0.2, 0) is 0 Å². The fourth-order valence-electron chi connectivity index (χ4n) is 7.11. The van der Waals surface area contributed by atoms with E-state index in [2.05, 4.69) is 345 Å². The zero-order valence-corrected chi connectivity index (χ0v) is 86.8. The molecule has 13 nitrogen and oxygen atoms in total. The lowest BCUT2D eigenvalue weighted by molar-refractivity contribution is 0.501. The summed E-state index contributed by atoms with van der Waals surface area (Å²) in [5, 5.41) is 2.32. The highest BCUT2D eigenvalue weighted by molar-refractivity contribution is 7.18. The molecule has 0 saturated carbocycles. The predicted octanol–water partition coefficient (Wildman–Crippen LogP) is 37.6. The molecule has 0 N–H and O–H groups in total. The van der Waals surface area contributed by atoms with Crippen LogP contribution in [0.3, 0.4) is 0 Å². The Morgan fingerprint density at radius 3 is 0.957 bits per heavy atom. The van der Waals surface area contributed by atoms with Gasteiger partial charge in [0.25, 0.3) is 0 Å². The third-order valence-electron chi connectivity index (χ3n) is 12.1. The molecule has 1 aromatic carbocycles. The van der Waals surface area contributed by atoms with Gasteiger partial charge in [0, 0.05) is 59.7 Å². The Balaban J connectivity index is -0.000000134. The lowest BCUT2D eigenvalue weighted by Gasteiger charge is -2.02. The summed E-state index contributed by atoms with van der Waals surface area (Å²) in [5.41, 5.74) is 11.7. The first-order chi connectivity index (χ1) is 54.5. The number of hydrogen-bond donors (Lipinski definition) is 0. The van der Waals surface area contributed by atoms with E-state index in [9.17, 15) is 0 Å². The molecule has 10 rings (SSSR count). The molecular formula is C100H190N10O3S2. The quantitative estimate of drug-likeness (QED) is 0.127. The number of fused-ring (bicyclic) bond motifs is 5. The summed E-state index contributed by atoms with van der Waals surface area (Å²) in [5.74, 6) is 7.53. The fourth-order valence-corrected chi connectivity index (χ4v) is 9.01. The number of hydrogen-bond acceptors (Lipinski definition) is 15. The topological polar surface area (TPSA) is 168 Å². The zero-order valence-electron chi connectivity index (χ0n) is 85.1. The Kier molecular flexibility index (Phi) is 98.4. The summed E-state index contributed by atoms with van der Waals surface area (Å²) in [6, 6.07) is 12.5. The van der Waals surface area contributed by atoms with Crippen LogP contribution >= 0.6 is 22.7 Å². The Bertz CT molecular complexity index is 3020. The molecule has 0 spiro atoms. The second-order valence-corrected chi connectivity index (χ2v) is 31.4. The number of oxazole rings is 3. The van der Waals surface area contributed by atoms with E-state index in [1.165, 1.54) is 90.6 Å². The van der Waals surface area contributed by atoms with E-state index < -0.39 is 0 Å². The van der Waals surface area contributed by atoms with Crippen LogP contribution in [-0.4, -0.2) is 49.8 Å². The van der Waals surface area contributed by atoms with Crippen molar-refractivity contribution in [3.8, 4) is 0 Å². The Labute approximate surface area is 722 Å². The molecule has 0 saturated heterocycles. The van der Waals surface area contributed by atoms with Gasteiger partial charge >= 0.3 is 0 Å². The van der Waals surface area contributed by atoms with Crippen LogP contribution in [0.2, 0.25) is 0 Å². The molecule has 15 heteroatoms. The molecule has 0 fully saturated rings. The highest BCUT2D eigenvalue weighted by atomic mass is 32.1. The van der Waals surface area contributed by atoms with Crippen molar-refractivity contribution >= 4 is 76.8 Å². The van der Waals surface area contributed by atoms with Gasteiger partial charge in [-0.25, -0.2) is 39.9 Å². The molecule has 0 atom stereocenters. The van der Waals surface area contributed by atoms with Gasteiger partial charge in [0.1, 0.15) is 27.2 Å². The van der Waals surface area contributed by atoms with Crippen molar-refractivity contribution in [2.24, 2.45) is 0 Å². The van der Waals surface area contributed by atoms with Crippen LogP contribution in [0.15, 0.2) is 74.4 Å². The molecular weight excluding hydrogens is 1450 g/mol. The first-order valence-corrected chi connectivity index (χ1v) is 47.5. The highest BCUT2D eigenvalue weighted by Gasteiger charge is 2.16. The predicted molar refractivity (Wildman–Crippen MR) is 528 cm³/mol. The monoisotopic (exact) mass is 1640 g/mol. The third-order valence-corrected chi connectivity index (χ3v) is 14.6. The van der Waals surface area contributed by atoms with Gasteiger partial charge in [0.15, 0.2) is 45.7 Å². The van der Waals surface area contributed by atoms with Crippen molar-refractivity contribution in [3.63, 3.8) is 0 Å². The van der Waals surface area contributed by atoms with E-state index in [4.69, 9.17) is 13.3 Å². The fraction of sp³-hybridized carbons (Fsp3) is 0.700. The standard InChI is InChI=1S/C13H17NO.2C12H16N2O.C12H16N2S.C11H15N3S.10C3H8.5C2H6/c1-8(2)10-5-6-11-12(7-10)15-13(14-11)9(3)4;1-7(2)9-5-11-10(6-13-9)14-12(15-11)8(3)4;2*1-7(2)9-5-10-11(13-6-9)14-12(15-10)8(3)4;1-6(2)9-12-5-8-11(14-9)15-10(13-8)7(3)4;10*1-3-2;5*1-2/h5-9H,1-4H3;3*5-8H,1-4H3;5-7H,1-4H3;10*3H2,1-2H3;5*1-2H3. The minimum absolute atomic E-state index is 0.307. The molecule has 0 unspecified atom stereocenters. The molecule has 115 heavy (non-hydrogen) atoms. The van der Waals surface area contributed by atoms with Crippen molar-refractivity contribution in [2.75, 3.05) is 0 Å². The molecule has 670 valence electrons. The summed E-state index contributed by atoms with van der Waals surface area (Å²) in [7, 11) is 0. The van der Waals surface area contributed by atoms with E-state index in [1.54, 1.807) is 28.9 Å². The number of benzene rings is 1. The molecule has 0 bridgehead atoms. The molecule has 10 aromatic rings. The van der Waals surface area contributed by atoms with Gasteiger partial charge in [-0.15, -0.1) is 11.3 Å². The van der Waals surface area contributed by atoms with E-state index >= 15 is 0 Å². The van der Waals surface area contributed by atoms with Crippen LogP contribution in [0.1, 0.15) is 525 Å². The normalized spacial score (nSPS) is 9.57. The minimum Gasteiger partial charge on any atom is -0.440 e. The molecule has 0 amide bonds. The maximum Gasteiger partial charge on any atom is 0.199 e. The molecule has 0 radical (unpaired) electrons. The second-order valence-electron chi connectivity index (χ2n) is 29.3. The number of pyridine rings is 3. The molecule has 9 heterocycles. The minimum atomic E-state index is 0.307. The van der Waals surface area contributed by atoms with Gasteiger partial charge in [-0.3, -0.25) is 4.98 Å². The van der Waals surface area contributed by atoms with E-state index in [-0.39, 0.29) is 0 Å².